The third-order valence-corrected chi connectivity index (χ3v) is 2.80. The lowest BCUT2D eigenvalue weighted by Crippen LogP contribution is -1.79. The highest BCUT2D eigenvalue weighted by atomic mass is 79.9. The molecule has 0 saturated carbocycles. The van der Waals surface area contributed by atoms with Crippen molar-refractivity contribution < 1.29 is 0 Å². The lowest BCUT2D eigenvalue weighted by Gasteiger charge is -1.98. The van der Waals surface area contributed by atoms with E-state index in [1.54, 1.807) is 0 Å². The van der Waals surface area contributed by atoms with E-state index in [9.17, 15) is 0 Å². The molecule has 2 heteroatoms. The van der Waals surface area contributed by atoms with Crippen LogP contribution in [0.5, 0.6) is 0 Å². The molecule has 0 nitrogen and oxygen atoms in total. The Kier molecular flexibility index (Phi) is 4.02. The molecule has 1 aromatic carbocycles. The van der Waals surface area contributed by atoms with Crippen molar-refractivity contribution in [1.29, 1.82) is 0 Å². The van der Waals surface area contributed by atoms with E-state index in [1.165, 1.54) is 15.8 Å². The second-order valence-electron chi connectivity index (χ2n) is 2.27. The maximum atomic E-state index is 3.44. The summed E-state index contributed by atoms with van der Waals surface area (Å²) in [5, 5.41) is 0. The summed E-state index contributed by atoms with van der Waals surface area (Å²) in [5.74, 6) is 2.31. The lowest BCUT2D eigenvalue weighted by atomic mass is 10.2. The molecular weight excluding hydrogens is 220 g/mol. The predicted molar refractivity (Wildman–Crippen MR) is 56.0 cm³/mol. The highest BCUT2D eigenvalue weighted by molar-refractivity contribution is 9.10. The van der Waals surface area contributed by atoms with Gasteiger partial charge in [-0.15, -0.1) is 0 Å². The SMILES string of the molecule is CCSCc1cccc(Br)c1. The zero-order chi connectivity index (χ0) is 8.10. The van der Waals surface area contributed by atoms with Crippen LogP contribution in [0.15, 0.2) is 28.7 Å². The minimum Gasteiger partial charge on any atom is -0.157 e. The van der Waals surface area contributed by atoms with Gasteiger partial charge in [-0.3, -0.25) is 0 Å². The molecule has 0 bridgehead atoms. The number of thioether (sulfide) groups is 1. The minimum absolute atomic E-state index is 1.12. The molecule has 0 atom stereocenters. The summed E-state index contributed by atoms with van der Waals surface area (Å²) in [5.41, 5.74) is 1.39. The number of hydrogen-bond donors (Lipinski definition) is 0. The molecule has 0 amide bonds. The zero-order valence-electron chi connectivity index (χ0n) is 6.51. The fraction of sp³-hybridized carbons (Fsp3) is 0.333. The Labute approximate surface area is 80.5 Å². The van der Waals surface area contributed by atoms with E-state index in [0.29, 0.717) is 0 Å². The topological polar surface area (TPSA) is 0 Å². The van der Waals surface area contributed by atoms with Crippen molar-refractivity contribution in [2.75, 3.05) is 5.75 Å². The third-order valence-electron chi connectivity index (χ3n) is 1.36. The van der Waals surface area contributed by atoms with Crippen LogP contribution in [0.3, 0.4) is 0 Å². The quantitative estimate of drug-likeness (QED) is 0.764. The van der Waals surface area contributed by atoms with Gasteiger partial charge in [0.25, 0.3) is 0 Å². The molecule has 1 aromatic rings. The number of hydrogen-bond acceptors (Lipinski definition) is 1. The van der Waals surface area contributed by atoms with Gasteiger partial charge in [-0.25, -0.2) is 0 Å². The maximum Gasteiger partial charge on any atom is 0.0184 e. The van der Waals surface area contributed by atoms with Gasteiger partial charge in [-0.2, -0.15) is 11.8 Å². The Bertz CT molecular complexity index is 223. The summed E-state index contributed by atoms with van der Waals surface area (Å²) < 4.78 is 1.17. The van der Waals surface area contributed by atoms with Crippen molar-refractivity contribution in [2.45, 2.75) is 12.7 Å². The van der Waals surface area contributed by atoms with E-state index in [0.717, 1.165) is 5.75 Å². The summed E-state index contributed by atoms with van der Waals surface area (Å²) in [7, 11) is 0. The second-order valence-corrected chi connectivity index (χ2v) is 4.46. The van der Waals surface area contributed by atoms with E-state index in [1.807, 2.05) is 11.8 Å². The van der Waals surface area contributed by atoms with E-state index < -0.39 is 0 Å². The smallest absolute Gasteiger partial charge is 0.0184 e. The Morgan fingerprint density at radius 3 is 2.91 bits per heavy atom. The molecule has 0 radical (unpaired) electrons. The fourth-order valence-electron chi connectivity index (χ4n) is 0.847. The molecule has 0 fully saturated rings. The van der Waals surface area contributed by atoms with Crippen LogP contribution in [0.2, 0.25) is 0 Å². The largest absolute Gasteiger partial charge is 0.157 e. The average molecular weight is 231 g/mol. The first kappa shape index (κ1) is 9.14. The third kappa shape index (κ3) is 3.30. The van der Waals surface area contributed by atoms with Gasteiger partial charge < -0.3 is 0 Å². The van der Waals surface area contributed by atoms with Gasteiger partial charge in [0.1, 0.15) is 0 Å². The highest BCUT2D eigenvalue weighted by Crippen LogP contribution is 2.16. The number of halogens is 1. The summed E-state index contributed by atoms with van der Waals surface area (Å²) in [4.78, 5) is 0. The second kappa shape index (κ2) is 4.83. The molecule has 0 aromatic heterocycles. The summed E-state index contributed by atoms with van der Waals surface area (Å²) in [6, 6.07) is 8.46. The van der Waals surface area contributed by atoms with Crippen LogP contribution in [0, 0.1) is 0 Å². The average Bonchev–Trinajstić information content (AvgIpc) is 2.01. The molecular formula is C9H11BrS. The van der Waals surface area contributed by atoms with Crippen LogP contribution < -0.4 is 0 Å². The van der Waals surface area contributed by atoms with Crippen LogP contribution in [-0.4, -0.2) is 5.75 Å². The highest BCUT2D eigenvalue weighted by Gasteiger charge is 1.91. The van der Waals surface area contributed by atoms with Crippen LogP contribution in [0.4, 0.5) is 0 Å². The van der Waals surface area contributed by atoms with Crippen LogP contribution >= 0.6 is 27.7 Å². The molecule has 60 valence electrons. The molecule has 0 spiro atoms. The minimum atomic E-state index is 1.12. The Balaban J connectivity index is 2.56. The first-order chi connectivity index (χ1) is 5.33. The molecule has 11 heavy (non-hydrogen) atoms. The molecule has 0 unspecified atom stereocenters. The van der Waals surface area contributed by atoms with E-state index in [2.05, 4.69) is 47.1 Å². The van der Waals surface area contributed by atoms with Crippen LogP contribution in [0.25, 0.3) is 0 Å². The van der Waals surface area contributed by atoms with Crippen molar-refractivity contribution in [3.63, 3.8) is 0 Å². The van der Waals surface area contributed by atoms with Gasteiger partial charge in [0.05, 0.1) is 0 Å². The van der Waals surface area contributed by atoms with Crippen molar-refractivity contribution >= 4 is 27.7 Å². The Morgan fingerprint density at radius 2 is 2.27 bits per heavy atom. The van der Waals surface area contributed by atoms with Gasteiger partial charge in [0, 0.05) is 10.2 Å². The van der Waals surface area contributed by atoms with Gasteiger partial charge in [0.15, 0.2) is 0 Å². The van der Waals surface area contributed by atoms with Gasteiger partial charge in [0.2, 0.25) is 0 Å². The lowest BCUT2D eigenvalue weighted by molar-refractivity contribution is 1.38. The molecule has 0 N–H and O–H groups in total. The summed E-state index contributed by atoms with van der Waals surface area (Å²) in [6.45, 7) is 2.18. The fourth-order valence-corrected chi connectivity index (χ4v) is 1.91. The number of benzene rings is 1. The predicted octanol–water partition coefficient (Wildman–Crippen LogP) is 3.70. The standard InChI is InChI=1S/C9H11BrS/c1-2-11-7-8-4-3-5-9(10)6-8/h3-6H,2,7H2,1H3. The zero-order valence-corrected chi connectivity index (χ0v) is 8.91. The van der Waals surface area contributed by atoms with Crippen LogP contribution in [0.1, 0.15) is 12.5 Å². The first-order valence-corrected chi connectivity index (χ1v) is 5.60. The van der Waals surface area contributed by atoms with Gasteiger partial charge in [-0.1, -0.05) is 35.0 Å². The Morgan fingerprint density at radius 1 is 1.45 bits per heavy atom. The molecule has 1 rings (SSSR count). The van der Waals surface area contributed by atoms with Crippen molar-refractivity contribution in [2.24, 2.45) is 0 Å². The van der Waals surface area contributed by atoms with E-state index >= 15 is 0 Å². The molecule has 0 saturated heterocycles. The molecule has 0 aliphatic carbocycles. The van der Waals surface area contributed by atoms with Gasteiger partial charge in [-0.05, 0) is 23.4 Å². The molecule has 0 aliphatic rings. The van der Waals surface area contributed by atoms with Crippen LogP contribution in [-0.2, 0) is 5.75 Å². The van der Waals surface area contributed by atoms with Crippen molar-refractivity contribution in [1.82, 2.24) is 0 Å². The van der Waals surface area contributed by atoms with Gasteiger partial charge >= 0.3 is 0 Å². The first-order valence-electron chi connectivity index (χ1n) is 3.65. The van der Waals surface area contributed by atoms with E-state index in [4.69, 9.17) is 0 Å². The van der Waals surface area contributed by atoms with Crippen molar-refractivity contribution in [3.8, 4) is 0 Å². The van der Waals surface area contributed by atoms with Crippen molar-refractivity contribution in [3.05, 3.63) is 34.3 Å². The Hall–Kier alpha value is 0.0500. The summed E-state index contributed by atoms with van der Waals surface area (Å²) in [6.07, 6.45) is 0. The number of rotatable bonds is 3. The molecule has 0 heterocycles. The molecule has 0 aliphatic heterocycles. The maximum absolute atomic E-state index is 3.44. The van der Waals surface area contributed by atoms with E-state index in [-0.39, 0.29) is 0 Å². The normalized spacial score (nSPS) is 10.0. The monoisotopic (exact) mass is 230 g/mol. The summed E-state index contributed by atoms with van der Waals surface area (Å²) >= 11 is 5.39.